The lowest BCUT2D eigenvalue weighted by molar-refractivity contribution is 0.0492. The minimum absolute atomic E-state index is 0.328. The average molecular weight is 391 g/mol. The molecule has 2 rings (SSSR count). The van der Waals surface area contributed by atoms with Gasteiger partial charge in [0.25, 0.3) is 0 Å². The molecule has 0 aromatic heterocycles. The molecule has 0 fully saturated rings. The minimum atomic E-state index is -0.328. The van der Waals surface area contributed by atoms with Crippen LogP contribution in [-0.2, 0) is 9.47 Å². The van der Waals surface area contributed by atoms with Crippen LogP contribution in [0.3, 0.4) is 0 Å². The van der Waals surface area contributed by atoms with Crippen molar-refractivity contribution in [1.82, 2.24) is 0 Å². The third kappa shape index (κ3) is 5.81. The van der Waals surface area contributed by atoms with Crippen LogP contribution in [0.4, 0.5) is 0 Å². The number of hydrogen-bond donors (Lipinski definition) is 0. The molecule has 0 N–H and O–H groups in total. The fourth-order valence-electron chi connectivity index (χ4n) is 2.05. The summed E-state index contributed by atoms with van der Waals surface area (Å²) in [5.41, 5.74) is 1.06. The molecule has 0 saturated heterocycles. The standard InChI is InChI=1S/C20H22O4S2/c1-3-13-23-19(21)15-9-5-7-11-17(15)25-26-18-12-8-6-10-16(18)20(22)24-14-4-2/h5-12H,3-4,13-14H2,1-2H3. The number of carbonyl (C=O) groups is 2. The van der Waals surface area contributed by atoms with Gasteiger partial charge in [-0.2, -0.15) is 0 Å². The molecule has 138 valence electrons. The van der Waals surface area contributed by atoms with Gasteiger partial charge in [-0.15, -0.1) is 0 Å². The number of esters is 2. The van der Waals surface area contributed by atoms with E-state index in [1.807, 2.05) is 50.2 Å². The topological polar surface area (TPSA) is 52.6 Å². The number of carbonyl (C=O) groups excluding carboxylic acids is 2. The van der Waals surface area contributed by atoms with E-state index in [0.717, 1.165) is 22.6 Å². The van der Waals surface area contributed by atoms with Gasteiger partial charge in [-0.05, 0) is 37.1 Å². The maximum absolute atomic E-state index is 12.2. The van der Waals surface area contributed by atoms with Crippen LogP contribution in [0.1, 0.15) is 47.4 Å². The highest BCUT2D eigenvalue weighted by Crippen LogP contribution is 2.40. The summed E-state index contributed by atoms with van der Waals surface area (Å²) in [6, 6.07) is 14.6. The Hall–Kier alpha value is -1.92. The van der Waals surface area contributed by atoms with Crippen molar-refractivity contribution in [1.29, 1.82) is 0 Å². The van der Waals surface area contributed by atoms with Crippen LogP contribution in [-0.4, -0.2) is 25.2 Å². The Morgan fingerprint density at radius 1 is 0.731 bits per heavy atom. The molecule has 6 heteroatoms. The van der Waals surface area contributed by atoms with Gasteiger partial charge < -0.3 is 9.47 Å². The van der Waals surface area contributed by atoms with Crippen molar-refractivity contribution in [3.8, 4) is 0 Å². The Balaban J connectivity index is 2.12. The molecule has 2 aromatic rings. The van der Waals surface area contributed by atoms with E-state index in [1.165, 1.54) is 21.6 Å². The molecule has 0 aliphatic carbocycles. The lowest BCUT2D eigenvalue weighted by atomic mass is 10.2. The van der Waals surface area contributed by atoms with Gasteiger partial charge in [-0.25, -0.2) is 9.59 Å². The predicted molar refractivity (Wildman–Crippen MR) is 106 cm³/mol. The van der Waals surface area contributed by atoms with E-state index in [0.29, 0.717) is 24.3 Å². The van der Waals surface area contributed by atoms with Crippen molar-refractivity contribution in [2.24, 2.45) is 0 Å². The van der Waals surface area contributed by atoms with Gasteiger partial charge in [0.05, 0.1) is 24.3 Å². The molecule has 0 saturated carbocycles. The molecule has 0 aliphatic rings. The maximum atomic E-state index is 12.2. The highest BCUT2D eigenvalue weighted by molar-refractivity contribution is 8.76. The molecule has 0 heterocycles. The molecule has 0 radical (unpaired) electrons. The molecule has 0 unspecified atom stereocenters. The lowest BCUT2D eigenvalue weighted by Gasteiger charge is -2.10. The Morgan fingerprint density at radius 3 is 1.50 bits per heavy atom. The van der Waals surface area contributed by atoms with E-state index >= 15 is 0 Å². The molecule has 0 amide bonds. The second-order valence-corrected chi connectivity index (χ2v) is 7.64. The Bertz CT molecular complexity index is 683. The monoisotopic (exact) mass is 390 g/mol. The van der Waals surface area contributed by atoms with Crippen molar-refractivity contribution in [2.75, 3.05) is 13.2 Å². The lowest BCUT2D eigenvalue weighted by Crippen LogP contribution is -2.07. The third-order valence-electron chi connectivity index (χ3n) is 3.31. The van der Waals surface area contributed by atoms with Gasteiger partial charge in [0.2, 0.25) is 0 Å². The molecule has 4 nitrogen and oxygen atoms in total. The van der Waals surface area contributed by atoms with Crippen LogP contribution in [0.5, 0.6) is 0 Å². The van der Waals surface area contributed by atoms with Gasteiger partial charge >= 0.3 is 11.9 Å². The Morgan fingerprint density at radius 2 is 1.12 bits per heavy atom. The van der Waals surface area contributed by atoms with Crippen LogP contribution in [0, 0.1) is 0 Å². The first-order valence-electron chi connectivity index (χ1n) is 8.54. The molecule has 0 aliphatic heterocycles. The van der Waals surface area contributed by atoms with Crippen LogP contribution in [0.25, 0.3) is 0 Å². The van der Waals surface area contributed by atoms with E-state index in [2.05, 4.69) is 0 Å². The zero-order valence-corrected chi connectivity index (χ0v) is 16.5. The summed E-state index contributed by atoms with van der Waals surface area (Å²) in [7, 11) is 2.85. The average Bonchev–Trinajstić information content (AvgIpc) is 2.69. The van der Waals surface area contributed by atoms with Crippen LogP contribution in [0.15, 0.2) is 58.3 Å². The fourth-order valence-corrected chi connectivity index (χ4v) is 4.39. The molecular formula is C20H22O4S2. The predicted octanol–water partition coefficient (Wildman–Crippen LogP) is 5.62. The Labute approximate surface area is 162 Å². The molecule has 0 bridgehead atoms. The summed E-state index contributed by atoms with van der Waals surface area (Å²) in [6.07, 6.45) is 1.56. The van der Waals surface area contributed by atoms with Gasteiger partial charge in [0.1, 0.15) is 0 Å². The number of hydrogen-bond acceptors (Lipinski definition) is 6. The van der Waals surface area contributed by atoms with Gasteiger partial charge in [-0.3, -0.25) is 0 Å². The van der Waals surface area contributed by atoms with Gasteiger partial charge in [0, 0.05) is 9.79 Å². The van der Waals surface area contributed by atoms with E-state index in [-0.39, 0.29) is 11.9 Å². The van der Waals surface area contributed by atoms with Crippen molar-refractivity contribution in [3.05, 3.63) is 59.7 Å². The molecule has 2 aromatic carbocycles. The largest absolute Gasteiger partial charge is 0.462 e. The second-order valence-electron chi connectivity index (χ2n) is 5.43. The van der Waals surface area contributed by atoms with E-state index in [9.17, 15) is 9.59 Å². The van der Waals surface area contributed by atoms with Gasteiger partial charge in [0.15, 0.2) is 0 Å². The van der Waals surface area contributed by atoms with Crippen molar-refractivity contribution in [2.45, 2.75) is 36.5 Å². The molecule has 0 spiro atoms. The quantitative estimate of drug-likeness (QED) is 0.409. The first-order chi connectivity index (χ1) is 12.7. The van der Waals surface area contributed by atoms with Crippen molar-refractivity contribution in [3.63, 3.8) is 0 Å². The summed E-state index contributed by atoms with van der Waals surface area (Å²) in [5, 5.41) is 0. The van der Waals surface area contributed by atoms with E-state index < -0.39 is 0 Å². The Kier molecular flexibility index (Phi) is 8.58. The smallest absolute Gasteiger partial charge is 0.339 e. The fraction of sp³-hybridized carbons (Fsp3) is 0.300. The highest BCUT2D eigenvalue weighted by atomic mass is 33.1. The van der Waals surface area contributed by atoms with Crippen LogP contribution >= 0.6 is 21.6 Å². The van der Waals surface area contributed by atoms with Crippen molar-refractivity contribution >= 4 is 33.5 Å². The summed E-state index contributed by atoms with van der Waals surface area (Å²) in [6.45, 7) is 4.71. The van der Waals surface area contributed by atoms with Crippen LogP contribution < -0.4 is 0 Å². The highest BCUT2D eigenvalue weighted by Gasteiger charge is 2.16. The normalized spacial score (nSPS) is 10.4. The third-order valence-corrected chi connectivity index (χ3v) is 5.79. The van der Waals surface area contributed by atoms with Crippen LogP contribution in [0.2, 0.25) is 0 Å². The van der Waals surface area contributed by atoms with E-state index in [4.69, 9.17) is 9.47 Å². The summed E-state index contributed by atoms with van der Waals surface area (Å²) >= 11 is 0. The first-order valence-corrected chi connectivity index (χ1v) is 10.7. The maximum Gasteiger partial charge on any atom is 0.339 e. The number of ether oxygens (including phenoxy) is 2. The number of rotatable bonds is 9. The minimum Gasteiger partial charge on any atom is -0.462 e. The SMILES string of the molecule is CCCOC(=O)c1ccccc1SSc1ccccc1C(=O)OCCC. The van der Waals surface area contributed by atoms with E-state index in [1.54, 1.807) is 12.1 Å². The first kappa shape index (κ1) is 20.4. The molecular weight excluding hydrogens is 368 g/mol. The zero-order chi connectivity index (χ0) is 18.8. The molecule has 26 heavy (non-hydrogen) atoms. The second kappa shape index (κ2) is 10.9. The number of benzene rings is 2. The van der Waals surface area contributed by atoms with Gasteiger partial charge in [-0.1, -0.05) is 59.7 Å². The summed E-state index contributed by atoms with van der Waals surface area (Å²) < 4.78 is 10.5. The van der Waals surface area contributed by atoms with Crippen molar-refractivity contribution < 1.29 is 19.1 Å². The zero-order valence-electron chi connectivity index (χ0n) is 14.9. The summed E-state index contributed by atoms with van der Waals surface area (Å²) in [4.78, 5) is 26.0. The summed E-state index contributed by atoms with van der Waals surface area (Å²) in [5.74, 6) is -0.655. The molecule has 0 atom stereocenters.